The molecule has 0 bridgehead atoms. The van der Waals surface area contributed by atoms with Crippen LogP contribution in [0.3, 0.4) is 0 Å². The van der Waals surface area contributed by atoms with Gasteiger partial charge in [-0.3, -0.25) is 0 Å². The van der Waals surface area contributed by atoms with Crippen LogP contribution in [0.2, 0.25) is 0 Å². The van der Waals surface area contributed by atoms with Crippen molar-refractivity contribution >= 4 is 12.6 Å². The summed E-state index contributed by atoms with van der Waals surface area (Å²) in [6.45, 7) is 0. The summed E-state index contributed by atoms with van der Waals surface area (Å²) in [7, 11) is 0. The van der Waals surface area contributed by atoms with Crippen LogP contribution < -0.4 is 0 Å². The monoisotopic (exact) mass is 326 g/mol. The standard InChI is InChI=1S/C20H22O4/c21-5-19-15-7-1-3-9-11(7)17-13(15)14-16(20(17,6-22)23-9)8-2-4-10(24-19)12(8)18(14)19/h5-18H,1-4H2/t7-,8-,9-,10+,11+,12+,13-,14-,15+,16+,17-,18-,19-,20-/m1/s1. The number of fused-ring (bicyclic) bond motifs is 4. The van der Waals surface area contributed by atoms with Gasteiger partial charge in [0.05, 0.1) is 12.2 Å². The Labute approximate surface area is 140 Å². The van der Waals surface area contributed by atoms with Gasteiger partial charge in [-0.2, -0.15) is 0 Å². The van der Waals surface area contributed by atoms with E-state index >= 15 is 0 Å². The van der Waals surface area contributed by atoms with E-state index in [1.54, 1.807) is 0 Å². The van der Waals surface area contributed by atoms with E-state index < -0.39 is 11.2 Å². The van der Waals surface area contributed by atoms with Gasteiger partial charge in [-0.05, 0) is 61.2 Å². The van der Waals surface area contributed by atoms with E-state index in [1.807, 2.05) is 0 Å². The van der Waals surface area contributed by atoms with Crippen LogP contribution in [0.25, 0.3) is 0 Å². The quantitative estimate of drug-likeness (QED) is 0.721. The number of carbonyl (C=O) groups excluding carboxylic acids is 2. The molecule has 8 rings (SSSR count). The maximum Gasteiger partial charge on any atom is 0.152 e. The van der Waals surface area contributed by atoms with Crippen molar-refractivity contribution < 1.29 is 19.1 Å². The molecule has 6 saturated carbocycles. The van der Waals surface area contributed by atoms with E-state index in [4.69, 9.17) is 9.47 Å². The maximum atomic E-state index is 12.5. The van der Waals surface area contributed by atoms with Crippen LogP contribution in [0.4, 0.5) is 0 Å². The average molecular weight is 326 g/mol. The zero-order valence-corrected chi connectivity index (χ0v) is 13.5. The van der Waals surface area contributed by atoms with Crippen molar-refractivity contribution in [2.45, 2.75) is 49.1 Å². The van der Waals surface area contributed by atoms with Crippen LogP contribution in [0.5, 0.6) is 0 Å². The molecule has 6 aliphatic carbocycles. The van der Waals surface area contributed by atoms with Gasteiger partial charge in [-0.1, -0.05) is 0 Å². The molecule has 14 atom stereocenters. The Morgan fingerprint density at radius 3 is 1.50 bits per heavy atom. The van der Waals surface area contributed by atoms with Gasteiger partial charge in [0.2, 0.25) is 0 Å². The number of rotatable bonds is 2. The first-order chi connectivity index (χ1) is 11.8. The molecule has 0 radical (unpaired) electrons. The van der Waals surface area contributed by atoms with Gasteiger partial charge in [-0.15, -0.1) is 0 Å². The molecule has 2 saturated heterocycles. The van der Waals surface area contributed by atoms with Crippen LogP contribution >= 0.6 is 0 Å². The predicted octanol–water partition coefficient (Wildman–Crippen LogP) is 1.46. The highest BCUT2D eigenvalue weighted by molar-refractivity contribution is 5.73. The molecule has 0 aromatic rings. The number of hydrogen-bond acceptors (Lipinski definition) is 4. The molecule has 0 spiro atoms. The fourth-order valence-electron chi connectivity index (χ4n) is 10.8. The van der Waals surface area contributed by atoms with E-state index in [1.165, 1.54) is 25.4 Å². The van der Waals surface area contributed by atoms with Crippen LogP contribution in [0.15, 0.2) is 0 Å². The Kier molecular flexibility index (Phi) is 1.73. The number of carbonyl (C=O) groups is 2. The number of ether oxygens (including phenoxy) is 2. The van der Waals surface area contributed by atoms with Crippen LogP contribution in [0, 0.1) is 59.2 Å². The molecule has 0 amide bonds. The first-order valence-electron chi connectivity index (χ1n) is 10.0. The lowest BCUT2D eigenvalue weighted by Crippen LogP contribution is -2.46. The molecule has 0 aromatic carbocycles. The Hall–Kier alpha value is -0.740. The van der Waals surface area contributed by atoms with Crippen LogP contribution in [-0.4, -0.2) is 36.0 Å². The molecule has 24 heavy (non-hydrogen) atoms. The summed E-state index contributed by atoms with van der Waals surface area (Å²) in [6.07, 6.45) is 7.52. The van der Waals surface area contributed by atoms with E-state index in [-0.39, 0.29) is 12.2 Å². The zero-order valence-electron chi connectivity index (χ0n) is 13.5. The van der Waals surface area contributed by atoms with Gasteiger partial charge in [0.15, 0.2) is 12.6 Å². The number of hydrogen-bond donors (Lipinski definition) is 0. The summed E-state index contributed by atoms with van der Waals surface area (Å²) in [5.74, 6) is 4.72. The van der Waals surface area contributed by atoms with Crippen molar-refractivity contribution in [3.63, 3.8) is 0 Å². The highest BCUT2D eigenvalue weighted by Gasteiger charge is 2.90. The van der Waals surface area contributed by atoms with Gasteiger partial charge in [0.1, 0.15) is 11.2 Å². The third-order valence-electron chi connectivity index (χ3n) is 10.4. The molecule has 0 N–H and O–H groups in total. The SMILES string of the molecule is O=C[C@]12O[C@H]3CC[C@@H]4[C@@H]3[C@@H]1[C@@H]1[C@H]3[C@H]5[C@H]6[C@@H](CC[C@H]6O[C@]5(C=O)[C@@H]41)[C@@H]32. The lowest BCUT2D eigenvalue weighted by molar-refractivity contribution is -0.150. The normalized spacial score (nSPS) is 76.8. The topological polar surface area (TPSA) is 52.6 Å². The van der Waals surface area contributed by atoms with Gasteiger partial charge in [-0.25, -0.2) is 0 Å². The summed E-state index contributed by atoms with van der Waals surface area (Å²) in [5.41, 5.74) is -1.01. The Morgan fingerprint density at radius 2 is 1.08 bits per heavy atom. The van der Waals surface area contributed by atoms with E-state index in [0.717, 1.165) is 12.8 Å². The molecule has 4 heteroatoms. The van der Waals surface area contributed by atoms with Crippen molar-refractivity contribution in [1.29, 1.82) is 0 Å². The van der Waals surface area contributed by atoms with E-state index in [0.29, 0.717) is 59.2 Å². The third-order valence-corrected chi connectivity index (χ3v) is 10.4. The molecule has 2 aliphatic heterocycles. The molecule has 0 aromatic heterocycles. The van der Waals surface area contributed by atoms with Crippen LogP contribution in [-0.2, 0) is 19.1 Å². The molecule has 8 aliphatic rings. The second-order valence-electron chi connectivity index (χ2n) is 10.2. The largest absolute Gasteiger partial charge is 0.363 e. The van der Waals surface area contributed by atoms with E-state index in [9.17, 15) is 9.59 Å². The number of aldehydes is 2. The molecular formula is C20H22O4. The van der Waals surface area contributed by atoms with Crippen LogP contribution in [0.1, 0.15) is 25.7 Å². The molecule has 0 unspecified atom stereocenters. The minimum atomic E-state index is -0.503. The van der Waals surface area contributed by atoms with Gasteiger partial charge in [0.25, 0.3) is 0 Å². The summed E-state index contributed by atoms with van der Waals surface area (Å²) in [5, 5.41) is 0. The smallest absolute Gasteiger partial charge is 0.152 e. The molecule has 2 heterocycles. The second kappa shape index (κ2) is 3.29. The van der Waals surface area contributed by atoms with Crippen molar-refractivity contribution in [2.24, 2.45) is 59.2 Å². The van der Waals surface area contributed by atoms with Crippen molar-refractivity contribution in [2.75, 3.05) is 0 Å². The highest BCUT2D eigenvalue weighted by Crippen LogP contribution is 2.85. The lowest BCUT2D eigenvalue weighted by Gasteiger charge is -2.35. The Bertz CT molecular complexity index is 660. The highest BCUT2D eigenvalue weighted by atomic mass is 16.5. The zero-order chi connectivity index (χ0) is 15.6. The second-order valence-corrected chi connectivity index (χ2v) is 10.2. The fourth-order valence-corrected chi connectivity index (χ4v) is 10.8. The summed E-state index contributed by atoms with van der Waals surface area (Å²) in [6, 6.07) is 0. The lowest BCUT2D eigenvalue weighted by atomic mass is 9.72. The molecular weight excluding hydrogens is 304 g/mol. The first-order valence-corrected chi connectivity index (χ1v) is 10.0. The summed E-state index contributed by atoms with van der Waals surface area (Å²) >= 11 is 0. The molecule has 4 nitrogen and oxygen atoms in total. The minimum absolute atomic E-state index is 0.273. The van der Waals surface area contributed by atoms with Crippen molar-refractivity contribution in [3.05, 3.63) is 0 Å². The third kappa shape index (κ3) is 0.851. The van der Waals surface area contributed by atoms with Gasteiger partial charge in [0, 0.05) is 23.7 Å². The maximum absolute atomic E-state index is 12.5. The summed E-state index contributed by atoms with van der Waals surface area (Å²) in [4.78, 5) is 24.9. The van der Waals surface area contributed by atoms with Gasteiger partial charge >= 0.3 is 0 Å². The molecule has 126 valence electrons. The minimum Gasteiger partial charge on any atom is -0.363 e. The predicted molar refractivity (Wildman–Crippen MR) is 80.7 cm³/mol. The first kappa shape index (κ1) is 12.6. The van der Waals surface area contributed by atoms with Crippen molar-refractivity contribution in [1.82, 2.24) is 0 Å². The Morgan fingerprint density at radius 1 is 0.625 bits per heavy atom. The summed E-state index contributed by atoms with van der Waals surface area (Å²) < 4.78 is 13.3. The Balaban J connectivity index is 1.47. The molecule has 8 fully saturated rings. The van der Waals surface area contributed by atoms with E-state index in [2.05, 4.69) is 0 Å². The van der Waals surface area contributed by atoms with Crippen molar-refractivity contribution in [3.8, 4) is 0 Å². The average Bonchev–Trinajstić information content (AvgIpc) is 3.36. The fraction of sp³-hybridized carbons (Fsp3) is 0.900. The van der Waals surface area contributed by atoms with Gasteiger partial charge < -0.3 is 19.1 Å².